The third kappa shape index (κ3) is 9.04. The topological polar surface area (TPSA) is 139 Å². The quantitative estimate of drug-likeness (QED) is 0.211. The number of nitrogens with zero attached hydrogens (tertiary/aromatic N) is 3. The van der Waals surface area contributed by atoms with Crippen molar-refractivity contribution in [3.8, 4) is 5.75 Å². The van der Waals surface area contributed by atoms with Crippen LogP contribution in [0.25, 0.3) is 0 Å². The van der Waals surface area contributed by atoms with Gasteiger partial charge in [-0.1, -0.05) is 79.4 Å². The van der Waals surface area contributed by atoms with Crippen molar-refractivity contribution in [2.24, 2.45) is 0 Å². The second-order valence-corrected chi connectivity index (χ2v) is 13.3. The zero-order chi connectivity index (χ0) is 32.6. The summed E-state index contributed by atoms with van der Waals surface area (Å²) in [4.78, 5) is 40.8. The summed E-state index contributed by atoms with van der Waals surface area (Å²) < 4.78 is 32.4. The van der Waals surface area contributed by atoms with Gasteiger partial charge in [-0.15, -0.1) is 0 Å². The monoisotopic (exact) mass is 636 g/mol. The second kappa shape index (κ2) is 15.0. The molecule has 0 aliphatic heterocycles. The summed E-state index contributed by atoms with van der Waals surface area (Å²) >= 11 is 0. The molecule has 45 heavy (non-hydrogen) atoms. The minimum absolute atomic E-state index is 0.0120. The second-order valence-electron chi connectivity index (χ2n) is 11.4. The minimum Gasteiger partial charge on any atom is -0.495 e. The number of nitro benzene ring substituents is 1. The maximum Gasteiger partial charge on any atom is 0.271 e. The molecular weight excluding hydrogens is 596 g/mol. The molecule has 1 atom stereocenters. The van der Waals surface area contributed by atoms with E-state index in [0.717, 1.165) is 65.4 Å². The Balaban J connectivity index is 1.78. The Kier molecular flexibility index (Phi) is 11.2. The molecule has 0 saturated heterocycles. The number of nitro groups is 1. The Morgan fingerprint density at radius 2 is 1.69 bits per heavy atom. The first-order valence-corrected chi connectivity index (χ1v) is 16.8. The van der Waals surface area contributed by atoms with Crippen LogP contribution in [0.1, 0.15) is 48.8 Å². The number of non-ortho nitro benzene ring substituents is 1. The first-order chi connectivity index (χ1) is 21.5. The van der Waals surface area contributed by atoms with Crippen LogP contribution in [0.15, 0.2) is 72.8 Å². The van der Waals surface area contributed by atoms with Gasteiger partial charge >= 0.3 is 0 Å². The van der Waals surface area contributed by atoms with Crippen LogP contribution in [0, 0.1) is 17.0 Å². The first kappa shape index (κ1) is 33.4. The van der Waals surface area contributed by atoms with Gasteiger partial charge in [0.1, 0.15) is 24.0 Å². The van der Waals surface area contributed by atoms with Crippen molar-refractivity contribution < 1.29 is 27.7 Å². The van der Waals surface area contributed by atoms with E-state index in [1.54, 1.807) is 0 Å². The minimum atomic E-state index is -4.15. The van der Waals surface area contributed by atoms with Gasteiger partial charge in [-0.2, -0.15) is 0 Å². The number of hydrogen-bond donors (Lipinski definition) is 1. The van der Waals surface area contributed by atoms with E-state index in [1.807, 2.05) is 61.5 Å². The Bertz CT molecular complexity index is 1610. The normalized spacial score (nSPS) is 14.3. The number of carbonyl (C=O) groups excluding carboxylic acids is 2. The summed E-state index contributed by atoms with van der Waals surface area (Å²) in [6.45, 7) is 1.26. The first-order valence-electron chi connectivity index (χ1n) is 15.0. The van der Waals surface area contributed by atoms with E-state index in [0.29, 0.717) is 0 Å². The van der Waals surface area contributed by atoms with Crippen LogP contribution in [0.2, 0.25) is 0 Å². The summed E-state index contributed by atoms with van der Waals surface area (Å²) in [5, 5.41) is 14.7. The number of hydrogen-bond acceptors (Lipinski definition) is 7. The van der Waals surface area contributed by atoms with E-state index < -0.39 is 33.4 Å². The van der Waals surface area contributed by atoms with E-state index in [2.05, 4.69) is 5.32 Å². The average molecular weight is 637 g/mol. The highest BCUT2D eigenvalue weighted by molar-refractivity contribution is 7.92. The van der Waals surface area contributed by atoms with Gasteiger partial charge in [0.05, 0.1) is 18.3 Å². The number of benzene rings is 3. The van der Waals surface area contributed by atoms with Crippen LogP contribution in [0.5, 0.6) is 5.75 Å². The molecule has 1 saturated carbocycles. The number of amides is 2. The average Bonchev–Trinajstić information content (AvgIpc) is 3.01. The molecule has 1 aliphatic rings. The van der Waals surface area contributed by atoms with E-state index in [1.165, 1.54) is 24.1 Å². The maximum absolute atomic E-state index is 14.4. The van der Waals surface area contributed by atoms with Crippen molar-refractivity contribution in [3.05, 3.63) is 99.6 Å². The lowest BCUT2D eigenvalue weighted by molar-refractivity contribution is -0.384. The van der Waals surface area contributed by atoms with Crippen molar-refractivity contribution in [1.82, 2.24) is 10.2 Å². The van der Waals surface area contributed by atoms with Crippen molar-refractivity contribution >= 4 is 33.2 Å². The van der Waals surface area contributed by atoms with Crippen LogP contribution in [0.3, 0.4) is 0 Å². The summed E-state index contributed by atoms with van der Waals surface area (Å²) in [7, 11) is -2.84. The van der Waals surface area contributed by atoms with Gasteiger partial charge in [0.2, 0.25) is 21.8 Å². The Hall–Kier alpha value is -4.45. The molecule has 2 amide bonds. The highest BCUT2D eigenvalue weighted by Crippen LogP contribution is 2.34. The number of anilines is 1. The third-order valence-corrected chi connectivity index (χ3v) is 9.11. The molecule has 0 radical (unpaired) electrons. The Labute approximate surface area is 264 Å². The lowest BCUT2D eigenvalue weighted by Crippen LogP contribution is -2.55. The summed E-state index contributed by atoms with van der Waals surface area (Å²) in [5.41, 5.74) is 2.06. The van der Waals surface area contributed by atoms with Gasteiger partial charge in [0.25, 0.3) is 5.69 Å². The number of nitrogens with one attached hydrogen (secondary N) is 1. The molecule has 0 bridgehead atoms. The van der Waals surface area contributed by atoms with Crippen LogP contribution in [0.4, 0.5) is 11.4 Å². The molecule has 1 aliphatic carbocycles. The molecule has 0 heterocycles. The lowest BCUT2D eigenvalue weighted by atomic mass is 9.94. The molecule has 240 valence electrons. The molecule has 11 nitrogen and oxygen atoms in total. The van der Waals surface area contributed by atoms with Crippen molar-refractivity contribution in [2.75, 3.05) is 24.2 Å². The summed E-state index contributed by atoms with van der Waals surface area (Å²) in [6.07, 6.45) is 5.95. The van der Waals surface area contributed by atoms with Gasteiger partial charge in [0.15, 0.2) is 0 Å². The van der Waals surface area contributed by atoms with Crippen molar-refractivity contribution in [2.45, 2.75) is 64.1 Å². The zero-order valence-electron chi connectivity index (χ0n) is 25.8. The molecule has 0 aromatic heterocycles. The van der Waals surface area contributed by atoms with Crippen LogP contribution in [-0.2, 0) is 32.6 Å². The zero-order valence-corrected chi connectivity index (χ0v) is 26.7. The number of ether oxygens (including phenoxy) is 1. The molecule has 3 aromatic carbocycles. The molecule has 12 heteroatoms. The molecule has 1 fully saturated rings. The van der Waals surface area contributed by atoms with Crippen LogP contribution < -0.4 is 14.4 Å². The summed E-state index contributed by atoms with van der Waals surface area (Å²) in [6, 6.07) is 19.5. The largest absolute Gasteiger partial charge is 0.495 e. The maximum atomic E-state index is 14.4. The van der Waals surface area contributed by atoms with Gasteiger partial charge < -0.3 is 15.0 Å². The highest BCUT2D eigenvalue weighted by Gasteiger charge is 2.35. The van der Waals surface area contributed by atoms with Crippen molar-refractivity contribution in [3.63, 3.8) is 0 Å². The van der Waals surface area contributed by atoms with E-state index >= 15 is 0 Å². The van der Waals surface area contributed by atoms with Gasteiger partial charge in [-0.05, 0) is 37.0 Å². The molecular formula is C33H40N4O7S. The van der Waals surface area contributed by atoms with Gasteiger partial charge in [0, 0.05) is 31.1 Å². The van der Waals surface area contributed by atoms with Crippen LogP contribution in [-0.4, -0.2) is 62.0 Å². The fraction of sp³-hybridized carbons (Fsp3) is 0.394. The van der Waals surface area contributed by atoms with Crippen molar-refractivity contribution in [1.29, 1.82) is 0 Å². The molecule has 4 rings (SSSR count). The van der Waals surface area contributed by atoms with Gasteiger partial charge in [-0.3, -0.25) is 24.0 Å². The van der Waals surface area contributed by atoms with Crippen LogP contribution >= 0.6 is 0 Å². The SMILES string of the molecule is COc1ccc([N+](=O)[O-])cc1N(CC(=O)N(Cc1cccc(C)c1)C(Cc1ccccc1)C(=O)NC1CCCCC1)S(C)(=O)=O. The Morgan fingerprint density at radius 3 is 2.31 bits per heavy atom. The summed E-state index contributed by atoms with van der Waals surface area (Å²) in [5.74, 6) is -0.916. The molecule has 1 N–H and O–H groups in total. The number of methoxy groups -OCH3 is 1. The standard InChI is InChI=1S/C33H40N4O7S/c1-24-11-10-14-26(19-24)22-35(30(20-25-12-6-4-7-13-25)33(39)34-27-15-8-5-9-16-27)32(38)23-36(45(3,42)43)29-21-28(37(40)41)17-18-31(29)44-2/h4,6-7,10-14,17-19,21,27,30H,5,8-9,15-16,20,22-23H2,1-3H3,(H,34,39). The highest BCUT2D eigenvalue weighted by atomic mass is 32.2. The molecule has 0 spiro atoms. The predicted molar refractivity (Wildman–Crippen MR) is 173 cm³/mol. The van der Waals surface area contributed by atoms with E-state index in [9.17, 15) is 28.1 Å². The fourth-order valence-electron chi connectivity index (χ4n) is 5.69. The van der Waals surface area contributed by atoms with E-state index in [-0.39, 0.29) is 42.0 Å². The molecule has 3 aromatic rings. The van der Waals surface area contributed by atoms with Gasteiger partial charge in [-0.25, -0.2) is 8.42 Å². The number of rotatable bonds is 13. The third-order valence-electron chi connectivity index (χ3n) is 7.98. The molecule has 1 unspecified atom stereocenters. The smallest absolute Gasteiger partial charge is 0.271 e. The fourth-order valence-corrected chi connectivity index (χ4v) is 6.53. The lowest BCUT2D eigenvalue weighted by Gasteiger charge is -2.35. The number of sulfonamides is 1. The predicted octanol–water partition coefficient (Wildman–Crippen LogP) is 4.77. The Morgan fingerprint density at radius 1 is 1.00 bits per heavy atom. The number of aryl methyl sites for hydroxylation is 1. The number of carbonyl (C=O) groups is 2. The van der Waals surface area contributed by atoms with E-state index in [4.69, 9.17) is 4.74 Å².